The second-order valence-corrected chi connectivity index (χ2v) is 5.79. The summed E-state index contributed by atoms with van der Waals surface area (Å²) in [6, 6.07) is 0. The molecule has 1 aromatic heterocycles. The van der Waals surface area contributed by atoms with Crippen LogP contribution in [0.3, 0.4) is 0 Å². The SMILES string of the molecule is CCn1cc(C(O)C(C)(CC)N2CCCCC2)cn1. The van der Waals surface area contributed by atoms with E-state index in [0.717, 1.165) is 31.6 Å². The molecule has 1 saturated heterocycles. The lowest BCUT2D eigenvalue weighted by molar-refractivity contribution is -0.0352. The van der Waals surface area contributed by atoms with E-state index in [-0.39, 0.29) is 5.54 Å². The lowest BCUT2D eigenvalue weighted by Gasteiger charge is -2.45. The minimum Gasteiger partial charge on any atom is -0.386 e. The van der Waals surface area contributed by atoms with E-state index in [4.69, 9.17) is 0 Å². The van der Waals surface area contributed by atoms with Crippen molar-refractivity contribution in [2.75, 3.05) is 13.1 Å². The number of aliphatic hydroxyl groups excluding tert-OH is 1. The Hall–Kier alpha value is -0.870. The average molecular weight is 265 g/mol. The fourth-order valence-corrected chi connectivity index (χ4v) is 3.05. The third kappa shape index (κ3) is 2.84. The van der Waals surface area contributed by atoms with Gasteiger partial charge in [-0.1, -0.05) is 13.3 Å². The van der Waals surface area contributed by atoms with Crippen LogP contribution in [0.15, 0.2) is 12.4 Å². The normalized spacial score (nSPS) is 22.1. The van der Waals surface area contributed by atoms with Gasteiger partial charge in [0.15, 0.2) is 0 Å². The van der Waals surface area contributed by atoms with E-state index in [1.54, 1.807) is 0 Å². The fourth-order valence-electron chi connectivity index (χ4n) is 3.05. The molecule has 0 amide bonds. The topological polar surface area (TPSA) is 41.3 Å². The van der Waals surface area contributed by atoms with E-state index >= 15 is 0 Å². The number of rotatable bonds is 5. The highest BCUT2D eigenvalue weighted by atomic mass is 16.3. The number of aryl methyl sites for hydroxylation is 1. The van der Waals surface area contributed by atoms with Crippen molar-refractivity contribution < 1.29 is 5.11 Å². The summed E-state index contributed by atoms with van der Waals surface area (Å²) in [5.41, 5.74) is 0.763. The molecule has 0 saturated carbocycles. The molecule has 19 heavy (non-hydrogen) atoms. The second kappa shape index (κ2) is 6.06. The maximum atomic E-state index is 10.8. The third-order valence-electron chi connectivity index (χ3n) is 4.68. The number of hydrogen-bond acceptors (Lipinski definition) is 3. The zero-order valence-electron chi connectivity index (χ0n) is 12.5. The van der Waals surface area contributed by atoms with Crippen LogP contribution in [0.4, 0.5) is 0 Å². The number of likely N-dealkylation sites (tertiary alicyclic amines) is 1. The van der Waals surface area contributed by atoms with Crippen LogP contribution in [0.5, 0.6) is 0 Å². The smallest absolute Gasteiger partial charge is 0.100 e. The first-order valence-electron chi connectivity index (χ1n) is 7.57. The second-order valence-electron chi connectivity index (χ2n) is 5.79. The van der Waals surface area contributed by atoms with Crippen molar-refractivity contribution in [2.45, 2.75) is 64.6 Å². The Morgan fingerprint density at radius 3 is 2.53 bits per heavy atom. The molecule has 0 aliphatic carbocycles. The van der Waals surface area contributed by atoms with Crippen LogP contribution in [-0.4, -0.2) is 38.4 Å². The summed E-state index contributed by atoms with van der Waals surface area (Å²) < 4.78 is 1.88. The van der Waals surface area contributed by atoms with Gasteiger partial charge in [0.1, 0.15) is 6.10 Å². The number of aliphatic hydroxyl groups is 1. The molecule has 2 heterocycles. The van der Waals surface area contributed by atoms with Crippen molar-refractivity contribution in [1.82, 2.24) is 14.7 Å². The van der Waals surface area contributed by atoms with E-state index in [9.17, 15) is 5.11 Å². The molecular formula is C15H27N3O. The molecule has 108 valence electrons. The lowest BCUT2D eigenvalue weighted by Crippen LogP contribution is -2.52. The van der Waals surface area contributed by atoms with Crippen molar-refractivity contribution in [1.29, 1.82) is 0 Å². The van der Waals surface area contributed by atoms with E-state index < -0.39 is 6.10 Å². The summed E-state index contributed by atoms with van der Waals surface area (Å²) >= 11 is 0. The van der Waals surface area contributed by atoms with Gasteiger partial charge in [-0.3, -0.25) is 9.58 Å². The zero-order chi connectivity index (χ0) is 13.9. The lowest BCUT2D eigenvalue weighted by atomic mass is 9.85. The van der Waals surface area contributed by atoms with Gasteiger partial charge in [-0.15, -0.1) is 0 Å². The van der Waals surface area contributed by atoms with Crippen LogP contribution >= 0.6 is 0 Å². The van der Waals surface area contributed by atoms with Crippen molar-refractivity contribution >= 4 is 0 Å². The summed E-state index contributed by atoms with van der Waals surface area (Å²) in [4.78, 5) is 2.46. The van der Waals surface area contributed by atoms with Gasteiger partial charge in [0.25, 0.3) is 0 Å². The predicted molar refractivity (Wildman–Crippen MR) is 77.0 cm³/mol. The summed E-state index contributed by atoms with van der Waals surface area (Å²) in [5.74, 6) is 0. The maximum absolute atomic E-state index is 10.8. The molecule has 4 nitrogen and oxygen atoms in total. The van der Waals surface area contributed by atoms with Gasteiger partial charge in [0.05, 0.1) is 6.20 Å². The molecule has 2 rings (SSSR count). The van der Waals surface area contributed by atoms with Gasteiger partial charge >= 0.3 is 0 Å². The molecule has 2 atom stereocenters. The molecule has 1 fully saturated rings. The zero-order valence-corrected chi connectivity index (χ0v) is 12.5. The van der Waals surface area contributed by atoms with E-state index in [2.05, 4.69) is 30.8 Å². The Morgan fingerprint density at radius 2 is 2.00 bits per heavy atom. The van der Waals surface area contributed by atoms with Gasteiger partial charge in [-0.05, 0) is 46.2 Å². The number of aromatic nitrogens is 2. The highest BCUT2D eigenvalue weighted by Crippen LogP contribution is 2.35. The number of piperidine rings is 1. The standard InChI is InChI=1S/C15H27N3O/c1-4-15(3,17-9-7-6-8-10-17)14(19)13-11-16-18(5-2)12-13/h11-12,14,19H,4-10H2,1-3H3. The molecule has 1 N–H and O–H groups in total. The van der Waals surface area contributed by atoms with Crippen molar-refractivity contribution in [3.05, 3.63) is 18.0 Å². The summed E-state index contributed by atoms with van der Waals surface area (Å²) in [7, 11) is 0. The molecule has 0 aromatic carbocycles. The number of nitrogens with zero attached hydrogens (tertiary/aromatic N) is 3. The van der Waals surface area contributed by atoms with Crippen molar-refractivity contribution in [3.63, 3.8) is 0 Å². The largest absolute Gasteiger partial charge is 0.386 e. The molecule has 2 unspecified atom stereocenters. The Morgan fingerprint density at radius 1 is 1.32 bits per heavy atom. The highest BCUT2D eigenvalue weighted by Gasteiger charge is 2.39. The summed E-state index contributed by atoms with van der Waals surface area (Å²) in [5, 5.41) is 15.1. The highest BCUT2D eigenvalue weighted by molar-refractivity contribution is 5.14. The minimum absolute atomic E-state index is 0.179. The predicted octanol–water partition coefficient (Wildman–Crippen LogP) is 2.59. The van der Waals surface area contributed by atoms with Crippen LogP contribution in [0.25, 0.3) is 0 Å². The molecule has 1 aliphatic rings. The number of hydrogen-bond donors (Lipinski definition) is 1. The van der Waals surface area contributed by atoms with Crippen LogP contribution < -0.4 is 0 Å². The average Bonchev–Trinajstić information content (AvgIpc) is 2.95. The van der Waals surface area contributed by atoms with Gasteiger partial charge in [-0.2, -0.15) is 5.10 Å². The summed E-state index contributed by atoms with van der Waals surface area (Å²) in [6.07, 6.45) is 8.09. The molecule has 0 bridgehead atoms. The van der Waals surface area contributed by atoms with Crippen molar-refractivity contribution in [2.24, 2.45) is 0 Å². The van der Waals surface area contributed by atoms with Gasteiger partial charge in [0.2, 0.25) is 0 Å². The molecule has 0 radical (unpaired) electrons. The van der Waals surface area contributed by atoms with E-state index in [0.29, 0.717) is 0 Å². The Balaban J connectivity index is 2.18. The van der Waals surface area contributed by atoms with Crippen molar-refractivity contribution in [3.8, 4) is 0 Å². The first-order chi connectivity index (χ1) is 9.11. The van der Waals surface area contributed by atoms with Gasteiger partial charge in [0, 0.05) is 23.8 Å². The molecule has 1 aromatic rings. The van der Waals surface area contributed by atoms with E-state index in [1.807, 2.05) is 17.1 Å². The third-order valence-corrected chi connectivity index (χ3v) is 4.68. The van der Waals surface area contributed by atoms with E-state index in [1.165, 1.54) is 19.3 Å². The summed E-state index contributed by atoms with van der Waals surface area (Å²) in [6.45, 7) is 9.47. The Kier molecular flexibility index (Phi) is 4.63. The molecule has 4 heteroatoms. The van der Waals surface area contributed by atoms with Crippen LogP contribution in [-0.2, 0) is 6.54 Å². The quantitative estimate of drug-likeness (QED) is 0.889. The monoisotopic (exact) mass is 265 g/mol. The molecular weight excluding hydrogens is 238 g/mol. The first-order valence-corrected chi connectivity index (χ1v) is 7.57. The minimum atomic E-state index is -0.462. The molecule has 1 aliphatic heterocycles. The van der Waals surface area contributed by atoms with Gasteiger partial charge < -0.3 is 5.11 Å². The Bertz CT molecular complexity index is 398. The van der Waals surface area contributed by atoms with Gasteiger partial charge in [-0.25, -0.2) is 0 Å². The fraction of sp³-hybridized carbons (Fsp3) is 0.800. The molecule has 0 spiro atoms. The first kappa shape index (κ1) is 14.5. The van der Waals surface area contributed by atoms with Crippen LogP contribution in [0.2, 0.25) is 0 Å². The maximum Gasteiger partial charge on any atom is 0.100 e. The Labute approximate surface area is 116 Å². The van der Waals surface area contributed by atoms with Crippen LogP contribution in [0.1, 0.15) is 58.1 Å². The van der Waals surface area contributed by atoms with Crippen LogP contribution in [0, 0.1) is 0 Å².